The van der Waals surface area contributed by atoms with Crippen LogP contribution in [0.25, 0.3) is 10.9 Å². The second-order valence-electron chi connectivity index (χ2n) is 6.97. The topological polar surface area (TPSA) is 55.2 Å². The molecule has 3 aromatic rings. The molecule has 1 aliphatic heterocycles. The second kappa shape index (κ2) is 6.61. The maximum Gasteiger partial charge on any atom is 0.261 e. The highest BCUT2D eigenvalue weighted by Crippen LogP contribution is 2.31. The normalized spacial score (nSPS) is 13.7. The fourth-order valence-electron chi connectivity index (χ4n) is 3.77. The van der Waals surface area contributed by atoms with Crippen LogP contribution in [-0.4, -0.2) is 22.0 Å². The van der Waals surface area contributed by atoms with E-state index in [4.69, 9.17) is 0 Å². The lowest BCUT2D eigenvalue weighted by Gasteiger charge is -2.30. The van der Waals surface area contributed by atoms with Crippen LogP contribution >= 0.6 is 0 Å². The van der Waals surface area contributed by atoms with Crippen molar-refractivity contribution in [3.05, 3.63) is 69.5 Å². The highest BCUT2D eigenvalue weighted by molar-refractivity contribution is 5.95. The molecule has 0 saturated carbocycles. The molecule has 0 fully saturated rings. The van der Waals surface area contributed by atoms with Crippen LogP contribution in [-0.2, 0) is 17.8 Å². The number of amides is 1. The van der Waals surface area contributed by atoms with Crippen LogP contribution in [0.1, 0.15) is 23.4 Å². The molecule has 5 nitrogen and oxygen atoms in total. The summed E-state index contributed by atoms with van der Waals surface area (Å²) in [6.07, 6.45) is 1.51. The lowest BCUT2D eigenvalue weighted by atomic mass is 9.99. The molecule has 0 atom stereocenters. The van der Waals surface area contributed by atoms with Crippen molar-refractivity contribution >= 4 is 22.5 Å². The standard InChI is InChI=1S/C21H20FN3O2/c1-13-10-15-6-5-9-24(20(15)17(22)11-13)19(26)12-25-14(2)23-18-8-4-3-7-16(18)21(25)27/h3-4,7-8,10-11H,5-6,9,12H2,1-2H3. The van der Waals surface area contributed by atoms with Crippen LogP contribution in [0.15, 0.2) is 41.2 Å². The van der Waals surface area contributed by atoms with Crippen molar-refractivity contribution in [2.24, 2.45) is 0 Å². The van der Waals surface area contributed by atoms with Crippen molar-refractivity contribution in [1.82, 2.24) is 9.55 Å². The van der Waals surface area contributed by atoms with Gasteiger partial charge in [0, 0.05) is 6.54 Å². The summed E-state index contributed by atoms with van der Waals surface area (Å²) >= 11 is 0. The molecule has 0 N–H and O–H groups in total. The number of aromatic nitrogens is 2. The molecule has 0 bridgehead atoms. The quantitative estimate of drug-likeness (QED) is 0.701. The third kappa shape index (κ3) is 3.01. The number of carbonyl (C=O) groups is 1. The lowest BCUT2D eigenvalue weighted by molar-refractivity contribution is -0.119. The molecule has 0 spiro atoms. The minimum absolute atomic E-state index is 0.157. The van der Waals surface area contributed by atoms with E-state index < -0.39 is 5.82 Å². The molecule has 0 radical (unpaired) electrons. The van der Waals surface area contributed by atoms with Gasteiger partial charge in [-0.25, -0.2) is 9.37 Å². The Labute approximate surface area is 156 Å². The van der Waals surface area contributed by atoms with E-state index in [1.165, 1.54) is 15.5 Å². The summed E-state index contributed by atoms with van der Waals surface area (Å²) in [5.74, 6) is -0.228. The van der Waals surface area contributed by atoms with Gasteiger partial charge >= 0.3 is 0 Å². The summed E-state index contributed by atoms with van der Waals surface area (Å²) in [5.41, 5.74) is 2.37. The lowest BCUT2D eigenvalue weighted by Crippen LogP contribution is -2.41. The number of carbonyl (C=O) groups excluding carboxylic acids is 1. The predicted octanol–water partition coefficient (Wildman–Crippen LogP) is 3.13. The zero-order valence-corrected chi connectivity index (χ0v) is 15.3. The third-order valence-corrected chi connectivity index (χ3v) is 5.03. The van der Waals surface area contributed by atoms with E-state index in [-0.39, 0.29) is 18.0 Å². The number of nitrogens with zero attached hydrogens (tertiary/aromatic N) is 3. The number of halogens is 1. The zero-order valence-electron chi connectivity index (χ0n) is 15.3. The summed E-state index contributed by atoms with van der Waals surface area (Å²) in [4.78, 5) is 31.7. The zero-order chi connectivity index (χ0) is 19.1. The van der Waals surface area contributed by atoms with Crippen molar-refractivity contribution in [1.29, 1.82) is 0 Å². The summed E-state index contributed by atoms with van der Waals surface area (Å²) in [7, 11) is 0. The number of para-hydroxylation sites is 1. The molecule has 138 valence electrons. The van der Waals surface area contributed by atoms with Crippen LogP contribution in [0.4, 0.5) is 10.1 Å². The molecule has 0 aliphatic carbocycles. The third-order valence-electron chi connectivity index (χ3n) is 5.03. The summed E-state index contributed by atoms with van der Waals surface area (Å²) in [6, 6.07) is 10.4. The molecule has 0 unspecified atom stereocenters. The first-order chi connectivity index (χ1) is 13.0. The van der Waals surface area contributed by atoms with Gasteiger partial charge in [-0.1, -0.05) is 18.2 Å². The molecular formula is C21H20FN3O2. The van der Waals surface area contributed by atoms with Gasteiger partial charge < -0.3 is 4.90 Å². The summed E-state index contributed by atoms with van der Waals surface area (Å²) in [5, 5.41) is 0.469. The van der Waals surface area contributed by atoms with Crippen LogP contribution in [0.3, 0.4) is 0 Å². The minimum atomic E-state index is -0.390. The van der Waals surface area contributed by atoms with E-state index in [0.29, 0.717) is 29.0 Å². The Balaban J connectivity index is 1.73. The first-order valence-corrected chi connectivity index (χ1v) is 9.01. The monoisotopic (exact) mass is 365 g/mol. The van der Waals surface area contributed by atoms with E-state index in [2.05, 4.69) is 4.98 Å². The minimum Gasteiger partial charge on any atom is -0.308 e. The van der Waals surface area contributed by atoms with Gasteiger partial charge in [0.05, 0.1) is 16.6 Å². The number of anilines is 1. The Morgan fingerprint density at radius 1 is 1.22 bits per heavy atom. The Bertz CT molecular complexity index is 1120. The van der Waals surface area contributed by atoms with Gasteiger partial charge in [-0.2, -0.15) is 0 Å². The molecule has 0 saturated heterocycles. The van der Waals surface area contributed by atoms with Gasteiger partial charge in [-0.15, -0.1) is 0 Å². The first kappa shape index (κ1) is 17.4. The smallest absolute Gasteiger partial charge is 0.261 e. The van der Waals surface area contributed by atoms with Gasteiger partial charge in [0.25, 0.3) is 5.56 Å². The van der Waals surface area contributed by atoms with Crippen molar-refractivity contribution < 1.29 is 9.18 Å². The van der Waals surface area contributed by atoms with Crippen molar-refractivity contribution in [3.8, 4) is 0 Å². The Kier molecular flexibility index (Phi) is 4.26. The first-order valence-electron chi connectivity index (χ1n) is 9.01. The van der Waals surface area contributed by atoms with Crippen LogP contribution in [0.2, 0.25) is 0 Å². The largest absolute Gasteiger partial charge is 0.308 e. The number of rotatable bonds is 2. The molecule has 4 rings (SSSR count). The maximum absolute atomic E-state index is 14.6. The maximum atomic E-state index is 14.6. The average Bonchev–Trinajstić information content (AvgIpc) is 2.64. The fraction of sp³-hybridized carbons (Fsp3) is 0.286. The molecule has 2 aromatic carbocycles. The SMILES string of the molecule is Cc1cc(F)c2c(c1)CCCN2C(=O)Cn1c(C)nc2ccccc2c1=O. The van der Waals surface area contributed by atoms with E-state index in [1.54, 1.807) is 25.1 Å². The van der Waals surface area contributed by atoms with E-state index in [9.17, 15) is 14.0 Å². The molecular weight excluding hydrogens is 345 g/mol. The molecule has 27 heavy (non-hydrogen) atoms. The molecule has 1 aliphatic rings. The highest BCUT2D eigenvalue weighted by atomic mass is 19.1. The molecule has 1 amide bonds. The van der Waals surface area contributed by atoms with Crippen molar-refractivity contribution in [3.63, 3.8) is 0 Å². The molecule has 2 heterocycles. The van der Waals surface area contributed by atoms with Gasteiger partial charge in [0.1, 0.15) is 18.2 Å². The highest BCUT2D eigenvalue weighted by Gasteiger charge is 2.27. The van der Waals surface area contributed by atoms with Gasteiger partial charge in [0.2, 0.25) is 5.91 Å². The second-order valence-corrected chi connectivity index (χ2v) is 6.97. The van der Waals surface area contributed by atoms with Crippen LogP contribution < -0.4 is 10.5 Å². The molecule has 6 heteroatoms. The summed E-state index contributed by atoms with van der Waals surface area (Å²) in [6.45, 7) is 3.83. The van der Waals surface area contributed by atoms with E-state index in [1.807, 2.05) is 19.1 Å². The van der Waals surface area contributed by atoms with Crippen LogP contribution in [0.5, 0.6) is 0 Å². The van der Waals surface area contributed by atoms with E-state index >= 15 is 0 Å². The average molecular weight is 365 g/mol. The number of fused-ring (bicyclic) bond motifs is 2. The molecule has 1 aromatic heterocycles. The Morgan fingerprint density at radius 2 is 2.00 bits per heavy atom. The number of benzene rings is 2. The predicted molar refractivity (Wildman–Crippen MR) is 103 cm³/mol. The van der Waals surface area contributed by atoms with Gasteiger partial charge in [0.15, 0.2) is 0 Å². The van der Waals surface area contributed by atoms with Gasteiger partial charge in [-0.05, 0) is 56.0 Å². The van der Waals surface area contributed by atoms with E-state index in [0.717, 1.165) is 24.0 Å². The number of hydrogen-bond donors (Lipinski definition) is 0. The van der Waals surface area contributed by atoms with Crippen LogP contribution in [0, 0.1) is 19.7 Å². The number of hydrogen-bond acceptors (Lipinski definition) is 3. The summed E-state index contributed by atoms with van der Waals surface area (Å²) < 4.78 is 15.9. The van der Waals surface area contributed by atoms with Gasteiger partial charge in [-0.3, -0.25) is 14.2 Å². The van der Waals surface area contributed by atoms with Crippen molar-refractivity contribution in [2.45, 2.75) is 33.2 Å². The van der Waals surface area contributed by atoms with Crippen molar-refractivity contribution in [2.75, 3.05) is 11.4 Å². The Morgan fingerprint density at radius 3 is 2.81 bits per heavy atom. The number of aryl methyl sites for hydroxylation is 3. The Hall–Kier alpha value is -3.02. The fourth-order valence-corrected chi connectivity index (χ4v) is 3.77.